The number of likely N-dealkylation sites (tertiary alicyclic amines) is 1. The Hall–Kier alpha value is -2.41. The summed E-state index contributed by atoms with van der Waals surface area (Å²) in [6.45, 7) is 4.63. The zero-order valence-electron chi connectivity index (χ0n) is 18.1. The van der Waals surface area contributed by atoms with Crippen LogP contribution in [0.2, 0.25) is 0 Å². The van der Waals surface area contributed by atoms with Crippen LogP contribution in [0.4, 0.5) is 4.39 Å². The summed E-state index contributed by atoms with van der Waals surface area (Å²) < 4.78 is 14.1. The summed E-state index contributed by atoms with van der Waals surface area (Å²) in [7, 11) is 0. The highest BCUT2D eigenvalue weighted by atomic mass is 19.1. The van der Waals surface area contributed by atoms with E-state index in [2.05, 4.69) is 20.5 Å². The van der Waals surface area contributed by atoms with E-state index in [0.29, 0.717) is 22.6 Å². The van der Waals surface area contributed by atoms with Crippen molar-refractivity contribution in [3.63, 3.8) is 0 Å². The lowest BCUT2D eigenvalue weighted by atomic mass is 9.76. The molecule has 7 heteroatoms. The number of fused-ring (bicyclic) bond motifs is 1. The number of aromatic nitrogens is 1. The topological polar surface area (TPSA) is 77.2 Å². The molecule has 5 rings (SSSR count). The minimum Gasteiger partial charge on any atom is -0.356 e. The molecule has 2 saturated heterocycles. The van der Waals surface area contributed by atoms with Crippen LogP contribution >= 0.6 is 0 Å². The molecule has 1 aliphatic carbocycles. The number of rotatable bonds is 3. The molecule has 3 fully saturated rings. The molecule has 1 aromatic heterocycles. The highest BCUT2D eigenvalue weighted by molar-refractivity contribution is 5.99. The smallest absolute Gasteiger partial charge is 0.267 e. The van der Waals surface area contributed by atoms with Gasteiger partial charge in [0.2, 0.25) is 5.91 Å². The van der Waals surface area contributed by atoms with Crippen LogP contribution in [0, 0.1) is 18.2 Å². The van der Waals surface area contributed by atoms with E-state index < -0.39 is 0 Å². The number of halogens is 1. The largest absolute Gasteiger partial charge is 0.356 e. The predicted molar refractivity (Wildman–Crippen MR) is 117 cm³/mol. The van der Waals surface area contributed by atoms with Crippen molar-refractivity contribution in [2.24, 2.45) is 5.41 Å². The molecule has 3 aliphatic rings. The van der Waals surface area contributed by atoms with Gasteiger partial charge >= 0.3 is 0 Å². The van der Waals surface area contributed by atoms with E-state index in [4.69, 9.17) is 0 Å². The van der Waals surface area contributed by atoms with E-state index in [0.717, 1.165) is 70.1 Å². The minimum absolute atomic E-state index is 0.120. The third-order valence-electron chi connectivity index (χ3n) is 7.82. The number of benzene rings is 1. The second-order valence-electron chi connectivity index (χ2n) is 9.65. The Balaban J connectivity index is 1.21. The van der Waals surface area contributed by atoms with Gasteiger partial charge in [-0.2, -0.15) is 0 Å². The van der Waals surface area contributed by atoms with Crippen LogP contribution in [0.15, 0.2) is 18.2 Å². The van der Waals surface area contributed by atoms with Crippen LogP contribution in [-0.2, 0) is 4.79 Å². The normalized spacial score (nSPS) is 26.3. The number of H-pyrrole nitrogens is 1. The van der Waals surface area contributed by atoms with Gasteiger partial charge in [0.05, 0.1) is 10.9 Å². The first-order chi connectivity index (χ1) is 14.9. The Morgan fingerprint density at radius 1 is 1.23 bits per heavy atom. The average molecular weight is 427 g/mol. The van der Waals surface area contributed by atoms with Crippen molar-refractivity contribution in [3.8, 4) is 0 Å². The first kappa shape index (κ1) is 20.5. The number of hydrogen-bond acceptors (Lipinski definition) is 3. The molecule has 166 valence electrons. The van der Waals surface area contributed by atoms with E-state index in [1.807, 2.05) is 6.92 Å². The third-order valence-corrected chi connectivity index (χ3v) is 7.82. The lowest BCUT2D eigenvalue weighted by molar-refractivity contribution is -0.130. The van der Waals surface area contributed by atoms with Gasteiger partial charge in [-0.05, 0) is 82.7 Å². The molecule has 6 nitrogen and oxygen atoms in total. The molecule has 1 saturated carbocycles. The van der Waals surface area contributed by atoms with Crippen molar-refractivity contribution in [1.29, 1.82) is 0 Å². The summed E-state index contributed by atoms with van der Waals surface area (Å²) >= 11 is 0. The zero-order valence-corrected chi connectivity index (χ0v) is 18.1. The Morgan fingerprint density at radius 3 is 2.74 bits per heavy atom. The Labute approximate surface area is 181 Å². The van der Waals surface area contributed by atoms with Gasteiger partial charge in [0.15, 0.2) is 0 Å². The molecule has 3 N–H and O–H groups in total. The van der Waals surface area contributed by atoms with E-state index in [1.54, 1.807) is 12.1 Å². The number of nitrogens with zero attached hydrogens (tertiary/aromatic N) is 1. The van der Waals surface area contributed by atoms with E-state index >= 15 is 0 Å². The summed E-state index contributed by atoms with van der Waals surface area (Å²) in [5.74, 6) is -0.237. The fraction of sp³-hybridized carbons (Fsp3) is 0.583. The van der Waals surface area contributed by atoms with E-state index in [1.165, 1.54) is 6.07 Å². The molecular weight excluding hydrogens is 395 g/mol. The molecule has 2 atom stereocenters. The molecule has 2 amide bonds. The highest BCUT2D eigenvalue weighted by Gasteiger charge is 2.45. The maximum atomic E-state index is 14.1. The van der Waals surface area contributed by atoms with Gasteiger partial charge in [-0.1, -0.05) is 6.07 Å². The maximum Gasteiger partial charge on any atom is 0.267 e. The van der Waals surface area contributed by atoms with Crippen LogP contribution in [0.1, 0.15) is 61.0 Å². The van der Waals surface area contributed by atoms with Gasteiger partial charge in [-0.3, -0.25) is 9.59 Å². The summed E-state index contributed by atoms with van der Waals surface area (Å²) in [6, 6.07) is 5.35. The van der Waals surface area contributed by atoms with Gasteiger partial charge in [-0.25, -0.2) is 4.39 Å². The van der Waals surface area contributed by atoms with Crippen molar-refractivity contribution >= 4 is 22.7 Å². The van der Waals surface area contributed by atoms with Crippen LogP contribution in [0.3, 0.4) is 0 Å². The maximum absolute atomic E-state index is 14.1. The van der Waals surface area contributed by atoms with Crippen molar-refractivity contribution in [2.75, 3.05) is 19.6 Å². The predicted octanol–water partition coefficient (Wildman–Crippen LogP) is 3.26. The van der Waals surface area contributed by atoms with Gasteiger partial charge in [-0.15, -0.1) is 0 Å². The quantitative estimate of drug-likeness (QED) is 0.705. The highest BCUT2D eigenvalue weighted by Crippen LogP contribution is 2.39. The summed E-state index contributed by atoms with van der Waals surface area (Å²) in [6.07, 6.45) is 6.96. The number of aryl methyl sites for hydroxylation is 1. The van der Waals surface area contributed by atoms with Crippen LogP contribution < -0.4 is 10.6 Å². The SMILES string of the molecule is Cc1ccc(F)c2cc(C(=O)N[C@@H]3CCCC(N4CCC5(CCNC5=O)CC4)C3)[nH]c12. The van der Waals surface area contributed by atoms with Crippen molar-refractivity contribution in [1.82, 2.24) is 20.5 Å². The number of carbonyl (C=O) groups excluding carboxylic acids is 2. The number of piperidine rings is 1. The number of aromatic amines is 1. The molecule has 0 bridgehead atoms. The van der Waals surface area contributed by atoms with Crippen LogP contribution in [0.5, 0.6) is 0 Å². The summed E-state index contributed by atoms with van der Waals surface area (Å²) in [4.78, 5) is 30.7. The molecule has 0 radical (unpaired) electrons. The Kier molecular flexibility index (Phi) is 5.24. The number of carbonyl (C=O) groups is 2. The molecule has 1 aromatic carbocycles. The first-order valence-electron chi connectivity index (χ1n) is 11.6. The Bertz CT molecular complexity index is 969. The van der Waals surface area contributed by atoms with Gasteiger partial charge < -0.3 is 20.5 Å². The van der Waals surface area contributed by atoms with Crippen LogP contribution in [0.25, 0.3) is 10.9 Å². The first-order valence-corrected chi connectivity index (χ1v) is 11.6. The van der Waals surface area contributed by atoms with Crippen molar-refractivity contribution in [3.05, 3.63) is 35.3 Å². The minimum atomic E-state index is -0.313. The molecule has 1 unspecified atom stereocenters. The molecular formula is C24H31FN4O2. The monoisotopic (exact) mass is 426 g/mol. The van der Waals surface area contributed by atoms with Gasteiger partial charge in [0.25, 0.3) is 5.91 Å². The fourth-order valence-electron chi connectivity index (χ4n) is 5.85. The third kappa shape index (κ3) is 3.73. The lowest BCUT2D eigenvalue weighted by Crippen LogP contribution is -2.51. The molecule has 2 aliphatic heterocycles. The number of nitrogens with one attached hydrogen (secondary N) is 3. The van der Waals surface area contributed by atoms with E-state index in [-0.39, 0.29) is 29.1 Å². The zero-order chi connectivity index (χ0) is 21.6. The van der Waals surface area contributed by atoms with Crippen molar-refractivity contribution < 1.29 is 14.0 Å². The average Bonchev–Trinajstić information content (AvgIpc) is 3.37. The standard InChI is InChI=1S/C24H31FN4O2/c1-15-5-6-19(25)18-14-20(28-21(15)18)22(30)27-16-3-2-4-17(13-16)29-11-8-24(9-12-29)7-10-26-23(24)31/h5-6,14,16-17,28H,2-4,7-13H2,1H3,(H,26,31)(H,27,30)/t16-,17?/m1/s1. The van der Waals surface area contributed by atoms with Crippen LogP contribution in [-0.4, -0.2) is 53.4 Å². The fourth-order valence-corrected chi connectivity index (χ4v) is 5.85. The van der Waals surface area contributed by atoms with Gasteiger partial charge in [0, 0.05) is 24.0 Å². The molecule has 31 heavy (non-hydrogen) atoms. The second kappa shape index (κ2) is 7.93. The number of amides is 2. The summed E-state index contributed by atoms with van der Waals surface area (Å²) in [5, 5.41) is 6.64. The molecule has 2 aromatic rings. The van der Waals surface area contributed by atoms with Crippen molar-refractivity contribution in [2.45, 2.75) is 64.0 Å². The Morgan fingerprint density at radius 2 is 2.03 bits per heavy atom. The van der Waals surface area contributed by atoms with E-state index in [9.17, 15) is 14.0 Å². The second-order valence-corrected chi connectivity index (χ2v) is 9.65. The van der Waals surface area contributed by atoms with Gasteiger partial charge in [0.1, 0.15) is 11.5 Å². The molecule has 3 heterocycles. The molecule has 1 spiro atoms. The lowest BCUT2D eigenvalue weighted by Gasteiger charge is -2.43. The number of hydrogen-bond donors (Lipinski definition) is 3. The summed E-state index contributed by atoms with van der Waals surface area (Å²) in [5.41, 5.74) is 1.89.